The summed E-state index contributed by atoms with van der Waals surface area (Å²) < 4.78 is 6.42. The minimum absolute atomic E-state index is 0.449. The van der Waals surface area contributed by atoms with Gasteiger partial charge in [-0.2, -0.15) is 0 Å². The molecule has 0 aliphatic heterocycles. The molecule has 3 N–H and O–H groups in total. The molecule has 1 aliphatic rings. The number of rotatable bonds is 3. The summed E-state index contributed by atoms with van der Waals surface area (Å²) in [5.74, 6) is 0.893. The van der Waals surface area contributed by atoms with Crippen LogP contribution in [0.1, 0.15) is 44.4 Å². The number of nitrogens with two attached hydrogens (primary N) is 1. The fraction of sp³-hybridized carbons (Fsp3) is 0.381. The van der Waals surface area contributed by atoms with Crippen molar-refractivity contribution in [1.82, 2.24) is 4.98 Å². The first-order chi connectivity index (χ1) is 13.1. The second-order valence-corrected chi connectivity index (χ2v) is 7.33. The standard InChI is InChI=1S/C13H11ClN2OS.C6H11N.C2H6/c1-8-7-18-13-10(5-11(14)16-12(8)13)15-6-9-3-2-4-17-9;7-6-4-2-1-3-5-6;1-2/h2-5,7H,6H2,1H3,(H,15,16);1-2,6H,3-5,7H2;1-2H3. The van der Waals surface area contributed by atoms with Crippen LogP contribution in [-0.2, 0) is 6.54 Å². The molecular weight excluding hydrogens is 378 g/mol. The van der Waals surface area contributed by atoms with Crippen molar-refractivity contribution in [2.75, 3.05) is 5.32 Å². The lowest BCUT2D eigenvalue weighted by molar-refractivity contribution is 0.518. The van der Waals surface area contributed by atoms with Crippen LogP contribution < -0.4 is 11.1 Å². The van der Waals surface area contributed by atoms with Crippen LogP contribution in [-0.4, -0.2) is 11.0 Å². The molecule has 0 spiro atoms. The first-order valence-corrected chi connectivity index (χ1v) is 10.6. The quantitative estimate of drug-likeness (QED) is 0.383. The lowest BCUT2D eigenvalue weighted by atomic mass is 10.0. The molecule has 0 fully saturated rings. The molecule has 6 heteroatoms. The van der Waals surface area contributed by atoms with Gasteiger partial charge >= 0.3 is 0 Å². The van der Waals surface area contributed by atoms with Gasteiger partial charge < -0.3 is 15.5 Å². The van der Waals surface area contributed by atoms with E-state index in [4.69, 9.17) is 21.8 Å². The number of anilines is 1. The fourth-order valence-electron chi connectivity index (χ4n) is 2.64. The maximum absolute atomic E-state index is 6.04. The van der Waals surface area contributed by atoms with Crippen LogP contribution in [0.2, 0.25) is 5.15 Å². The number of furan rings is 1. The van der Waals surface area contributed by atoms with E-state index in [1.165, 1.54) is 12.8 Å². The summed E-state index contributed by atoms with van der Waals surface area (Å²) in [6, 6.07) is 6.11. The predicted octanol–water partition coefficient (Wildman–Crippen LogP) is 6.54. The Morgan fingerprint density at radius 3 is 2.78 bits per heavy atom. The van der Waals surface area contributed by atoms with E-state index >= 15 is 0 Å². The Kier molecular flexibility index (Phi) is 8.85. The van der Waals surface area contributed by atoms with Crippen molar-refractivity contribution in [3.05, 3.63) is 58.5 Å². The minimum atomic E-state index is 0.449. The van der Waals surface area contributed by atoms with Crippen molar-refractivity contribution in [3.8, 4) is 0 Å². The van der Waals surface area contributed by atoms with Crippen molar-refractivity contribution in [2.45, 2.75) is 52.6 Å². The lowest BCUT2D eigenvalue weighted by Crippen LogP contribution is -2.19. The molecule has 0 radical (unpaired) electrons. The van der Waals surface area contributed by atoms with Crippen LogP contribution in [0.15, 0.2) is 46.4 Å². The first kappa shape index (κ1) is 21.5. The Morgan fingerprint density at radius 2 is 2.19 bits per heavy atom. The maximum atomic E-state index is 6.04. The molecule has 27 heavy (non-hydrogen) atoms. The molecular formula is C21H28ClN3OS. The number of aromatic nitrogens is 1. The SMILES string of the molecule is CC.Cc1csc2c(NCc3ccco3)cc(Cl)nc12.NC1CC=CCC1. The maximum Gasteiger partial charge on any atom is 0.131 e. The Labute approximate surface area is 170 Å². The third kappa shape index (κ3) is 6.38. The van der Waals surface area contributed by atoms with Crippen molar-refractivity contribution >= 4 is 38.8 Å². The number of allylic oxidation sites excluding steroid dienone is 1. The van der Waals surface area contributed by atoms with Gasteiger partial charge in [0.2, 0.25) is 0 Å². The van der Waals surface area contributed by atoms with Crippen molar-refractivity contribution in [1.29, 1.82) is 0 Å². The molecule has 1 unspecified atom stereocenters. The lowest BCUT2D eigenvalue weighted by Gasteiger charge is -2.09. The van der Waals surface area contributed by atoms with Gasteiger partial charge in [0.25, 0.3) is 0 Å². The fourth-order valence-corrected chi connectivity index (χ4v) is 3.81. The molecule has 3 aromatic rings. The number of halogens is 1. The minimum Gasteiger partial charge on any atom is -0.467 e. The van der Waals surface area contributed by atoms with E-state index in [1.54, 1.807) is 17.6 Å². The average molecular weight is 406 g/mol. The number of nitrogens with zero attached hydrogens (tertiary/aromatic N) is 1. The van der Waals surface area contributed by atoms with E-state index in [0.29, 0.717) is 17.7 Å². The summed E-state index contributed by atoms with van der Waals surface area (Å²) in [6.07, 6.45) is 9.47. The molecule has 3 aromatic heterocycles. The summed E-state index contributed by atoms with van der Waals surface area (Å²) in [5.41, 5.74) is 8.70. The molecule has 4 nitrogen and oxygen atoms in total. The van der Waals surface area contributed by atoms with E-state index in [2.05, 4.69) is 27.8 Å². The van der Waals surface area contributed by atoms with E-state index in [1.807, 2.05) is 39.0 Å². The number of aryl methyl sites for hydroxylation is 1. The topological polar surface area (TPSA) is 64.1 Å². The van der Waals surface area contributed by atoms with Gasteiger partial charge in [0.05, 0.1) is 28.7 Å². The second kappa shape index (κ2) is 11.1. The third-order valence-electron chi connectivity index (χ3n) is 4.01. The van der Waals surface area contributed by atoms with Gasteiger partial charge in [-0.1, -0.05) is 37.6 Å². The second-order valence-electron chi connectivity index (χ2n) is 6.07. The Hall–Kier alpha value is -1.82. The highest BCUT2D eigenvalue weighted by molar-refractivity contribution is 7.18. The molecule has 4 rings (SSSR count). The van der Waals surface area contributed by atoms with Crippen molar-refractivity contribution in [3.63, 3.8) is 0 Å². The number of hydrogen-bond donors (Lipinski definition) is 2. The zero-order valence-electron chi connectivity index (χ0n) is 16.2. The Balaban J connectivity index is 0.000000244. The van der Waals surface area contributed by atoms with E-state index in [9.17, 15) is 0 Å². The molecule has 0 aromatic carbocycles. The van der Waals surface area contributed by atoms with Gasteiger partial charge in [0, 0.05) is 12.1 Å². The summed E-state index contributed by atoms with van der Waals surface area (Å²) in [4.78, 5) is 4.35. The van der Waals surface area contributed by atoms with Gasteiger partial charge in [-0.25, -0.2) is 4.98 Å². The van der Waals surface area contributed by atoms with Crippen molar-refractivity contribution < 1.29 is 4.42 Å². The highest BCUT2D eigenvalue weighted by Crippen LogP contribution is 2.32. The smallest absolute Gasteiger partial charge is 0.131 e. The number of fused-ring (bicyclic) bond motifs is 1. The van der Waals surface area contributed by atoms with E-state index in [-0.39, 0.29) is 0 Å². The normalized spacial score (nSPS) is 15.5. The Morgan fingerprint density at radius 1 is 1.37 bits per heavy atom. The van der Waals surface area contributed by atoms with Crippen LogP contribution >= 0.6 is 22.9 Å². The van der Waals surface area contributed by atoms with Crippen LogP contribution in [0.5, 0.6) is 0 Å². The molecule has 0 saturated heterocycles. The highest BCUT2D eigenvalue weighted by atomic mass is 35.5. The van der Waals surface area contributed by atoms with Crippen LogP contribution in [0, 0.1) is 6.92 Å². The van der Waals surface area contributed by atoms with E-state index < -0.39 is 0 Å². The third-order valence-corrected chi connectivity index (χ3v) is 5.33. The molecule has 0 amide bonds. The molecule has 3 heterocycles. The number of thiophene rings is 1. The molecule has 1 atom stereocenters. The zero-order valence-corrected chi connectivity index (χ0v) is 17.7. The summed E-state index contributed by atoms with van der Waals surface area (Å²) in [7, 11) is 0. The van der Waals surface area contributed by atoms with Crippen LogP contribution in [0.3, 0.4) is 0 Å². The number of hydrogen-bond acceptors (Lipinski definition) is 5. The van der Waals surface area contributed by atoms with Crippen molar-refractivity contribution in [2.24, 2.45) is 5.73 Å². The molecule has 0 saturated carbocycles. The van der Waals surface area contributed by atoms with Gasteiger partial charge in [0.1, 0.15) is 10.9 Å². The van der Waals surface area contributed by atoms with E-state index in [0.717, 1.165) is 33.6 Å². The highest BCUT2D eigenvalue weighted by Gasteiger charge is 2.09. The number of nitrogens with one attached hydrogen (secondary N) is 1. The van der Waals surface area contributed by atoms with Crippen LogP contribution in [0.4, 0.5) is 5.69 Å². The zero-order chi connectivity index (χ0) is 19.6. The molecule has 1 aliphatic carbocycles. The van der Waals surface area contributed by atoms with Gasteiger partial charge in [-0.15, -0.1) is 11.3 Å². The summed E-state index contributed by atoms with van der Waals surface area (Å²) in [6.45, 7) is 6.68. The summed E-state index contributed by atoms with van der Waals surface area (Å²) >= 11 is 7.72. The summed E-state index contributed by atoms with van der Waals surface area (Å²) in [5, 5.41) is 5.93. The molecule has 146 valence electrons. The first-order valence-electron chi connectivity index (χ1n) is 9.34. The molecule has 0 bridgehead atoms. The van der Waals surface area contributed by atoms with Crippen LogP contribution in [0.25, 0.3) is 10.2 Å². The number of pyridine rings is 1. The monoisotopic (exact) mass is 405 g/mol. The van der Waals surface area contributed by atoms with Gasteiger partial charge in [-0.05, 0) is 49.3 Å². The van der Waals surface area contributed by atoms with Gasteiger partial charge in [0.15, 0.2) is 0 Å². The predicted molar refractivity (Wildman–Crippen MR) is 118 cm³/mol. The Bertz CT molecular complexity index is 843. The van der Waals surface area contributed by atoms with Gasteiger partial charge in [-0.3, -0.25) is 0 Å². The average Bonchev–Trinajstić information content (AvgIpc) is 3.33. The largest absolute Gasteiger partial charge is 0.467 e.